The van der Waals surface area contributed by atoms with Crippen molar-refractivity contribution in [3.8, 4) is 0 Å². The lowest BCUT2D eigenvalue weighted by molar-refractivity contribution is 0.0620. The molecule has 1 saturated heterocycles. The molecule has 1 fully saturated rings. The van der Waals surface area contributed by atoms with Crippen molar-refractivity contribution in [1.29, 1.82) is 0 Å². The van der Waals surface area contributed by atoms with Gasteiger partial charge in [-0.25, -0.2) is 4.79 Å². The van der Waals surface area contributed by atoms with Crippen LogP contribution in [0, 0.1) is 11.8 Å². The van der Waals surface area contributed by atoms with Gasteiger partial charge in [-0.05, 0) is 38.5 Å². The molecule has 4 nitrogen and oxygen atoms in total. The first-order chi connectivity index (χ1) is 8.91. The fraction of sp³-hybridized carbons (Fsp3) is 0.933. The molecule has 19 heavy (non-hydrogen) atoms. The molecule has 1 aliphatic rings. The number of likely N-dealkylation sites (tertiary alicyclic amines) is 1. The number of piperidine rings is 1. The van der Waals surface area contributed by atoms with Crippen molar-refractivity contribution >= 4 is 6.03 Å². The molecule has 2 amide bonds. The van der Waals surface area contributed by atoms with Crippen LogP contribution < -0.4 is 0 Å². The zero-order valence-corrected chi connectivity index (χ0v) is 13.2. The van der Waals surface area contributed by atoms with Gasteiger partial charge in [-0.15, -0.1) is 0 Å². The van der Waals surface area contributed by atoms with Crippen LogP contribution in [0.1, 0.15) is 40.5 Å². The fourth-order valence-corrected chi connectivity index (χ4v) is 2.52. The number of nitrogens with zero attached hydrogens (tertiary/aromatic N) is 2. The molecular weight excluding hydrogens is 240 g/mol. The van der Waals surface area contributed by atoms with Crippen LogP contribution in [0.3, 0.4) is 0 Å². The van der Waals surface area contributed by atoms with Gasteiger partial charge in [0.25, 0.3) is 0 Å². The summed E-state index contributed by atoms with van der Waals surface area (Å²) in [7, 11) is 1.86. The second-order valence-corrected chi connectivity index (χ2v) is 6.19. The van der Waals surface area contributed by atoms with Crippen molar-refractivity contribution in [2.24, 2.45) is 11.8 Å². The molecule has 0 spiro atoms. The average molecular weight is 270 g/mol. The van der Waals surface area contributed by atoms with Gasteiger partial charge in [0.05, 0.1) is 12.7 Å². The van der Waals surface area contributed by atoms with Gasteiger partial charge in [-0.1, -0.05) is 13.8 Å². The second kappa shape index (κ2) is 7.73. The van der Waals surface area contributed by atoms with Crippen LogP contribution in [-0.4, -0.2) is 55.2 Å². The van der Waals surface area contributed by atoms with Gasteiger partial charge < -0.3 is 14.5 Å². The first kappa shape index (κ1) is 16.3. The summed E-state index contributed by atoms with van der Waals surface area (Å²) >= 11 is 0. The van der Waals surface area contributed by atoms with E-state index in [0.717, 1.165) is 37.8 Å². The molecule has 1 aliphatic heterocycles. The van der Waals surface area contributed by atoms with E-state index in [0.29, 0.717) is 13.2 Å². The Labute approximate surface area is 118 Å². The molecule has 0 unspecified atom stereocenters. The summed E-state index contributed by atoms with van der Waals surface area (Å²) in [6.07, 6.45) is 2.50. The van der Waals surface area contributed by atoms with Crippen molar-refractivity contribution in [3.05, 3.63) is 0 Å². The molecule has 0 atom stereocenters. The minimum Gasteiger partial charge on any atom is -0.377 e. The number of carbonyl (C=O) groups is 1. The van der Waals surface area contributed by atoms with Crippen molar-refractivity contribution in [2.75, 3.05) is 33.3 Å². The highest BCUT2D eigenvalue weighted by atomic mass is 16.5. The maximum Gasteiger partial charge on any atom is 0.319 e. The molecule has 0 bridgehead atoms. The molecule has 0 aliphatic carbocycles. The summed E-state index contributed by atoms with van der Waals surface area (Å²) in [5.41, 5.74) is 0. The van der Waals surface area contributed by atoms with Crippen LogP contribution in [0.2, 0.25) is 0 Å². The number of hydrogen-bond acceptors (Lipinski definition) is 2. The zero-order valence-electron chi connectivity index (χ0n) is 13.2. The number of ether oxygens (including phenoxy) is 1. The lowest BCUT2D eigenvalue weighted by atomic mass is 9.87. The highest BCUT2D eigenvalue weighted by molar-refractivity contribution is 5.74. The van der Waals surface area contributed by atoms with E-state index in [-0.39, 0.29) is 12.1 Å². The predicted octanol–water partition coefficient (Wildman–Crippen LogP) is 2.83. The molecule has 0 radical (unpaired) electrons. The Bertz CT molecular complexity index is 271. The number of likely N-dealkylation sites (N-methyl/N-ethyl adjacent to an activating group) is 1. The fourth-order valence-electron chi connectivity index (χ4n) is 2.52. The van der Waals surface area contributed by atoms with Crippen LogP contribution in [-0.2, 0) is 4.74 Å². The Morgan fingerprint density at radius 2 is 1.84 bits per heavy atom. The standard InChI is InChI=1S/C15H30N2O2/c1-12(2)14-6-8-17(9-7-14)15(18)16(5)10-11-19-13(3)4/h12-14H,6-11H2,1-5H3. The number of hydrogen-bond donors (Lipinski definition) is 0. The predicted molar refractivity (Wildman–Crippen MR) is 78.2 cm³/mol. The van der Waals surface area contributed by atoms with Crippen LogP contribution in [0.4, 0.5) is 4.79 Å². The minimum atomic E-state index is 0.148. The van der Waals surface area contributed by atoms with Gasteiger partial charge in [0.2, 0.25) is 0 Å². The normalized spacial score (nSPS) is 17.3. The van der Waals surface area contributed by atoms with E-state index in [1.54, 1.807) is 4.90 Å². The molecule has 0 aromatic heterocycles. The van der Waals surface area contributed by atoms with Crippen molar-refractivity contribution < 1.29 is 9.53 Å². The summed E-state index contributed by atoms with van der Waals surface area (Å²) in [5, 5.41) is 0. The Morgan fingerprint density at radius 1 is 1.26 bits per heavy atom. The van der Waals surface area contributed by atoms with Gasteiger partial charge in [0.15, 0.2) is 0 Å². The Kier molecular flexibility index (Phi) is 6.63. The first-order valence-corrected chi connectivity index (χ1v) is 7.53. The quantitative estimate of drug-likeness (QED) is 0.769. The van der Waals surface area contributed by atoms with Crippen LogP contribution in [0.25, 0.3) is 0 Å². The molecule has 0 N–H and O–H groups in total. The zero-order chi connectivity index (χ0) is 14.4. The Hall–Kier alpha value is -0.770. The summed E-state index contributed by atoms with van der Waals surface area (Å²) in [6.45, 7) is 11.7. The van der Waals surface area contributed by atoms with Gasteiger partial charge in [0, 0.05) is 26.7 Å². The highest BCUT2D eigenvalue weighted by Crippen LogP contribution is 2.24. The van der Waals surface area contributed by atoms with Gasteiger partial charge >= 0.3 is 6.03 Å². The molecule has 0 aromatic rings. The third-order valence-electron chi connectivity index (χ3n) is 3.96. The smallest absolute Gasteiger partial charge is 0.319 e. The molecule has 0 aromatic carbocycles. The van der Waals surface area contributed by atoms with Crippen molar-refractivity contribution in [3.63, 3.8) is 0 Å². The Morgan fingerprint density at radius 3 is 2.32 bits per heavy atom. The number of urea groups is 1. The first-order valence-electron chi connectivity index (χ1n) is 7.53. The molecule has 1 heterocycles. The number of amides is 2. The largest absolute Gasteiger partial charge is 0.377 e. The van der Waals surface area contributed by atoms with E-state index in [9.17, 15) is 4.79 Å². The third-order valence-corrected chi connectivity index (χ3v) is 3.96. The number of rotatable bonds is 5. The minimum absolute atomic E-state index is 0.148. The van der Waals surface area contributed by atoms with Crippen LogP contribution in [0.15, 0.2) is 0 Å². The highest BCUT2D eigenvalue weighted by Gasteiger charge is 2.26. The van der Waals surface area contributed by atoms with Gasteiger partial charge in [0.1, 0.15) is 0 Å². The van der Waals surface area contributed by atoms with Crippen molar-refractivity contribution in [1.82, 2.24) is 9.80 Å². The third kappa shape index (κ3) is 5.39. The molecule has 112 valence electrons. The molecule has 0 saturated carbocycles. The second-order valence-electron chi connectivity index (χ2n) is 6.19. The topological polar surface area (TPSA) is 32.8 Å². The molecule has 4 heteroatoms. The molecule has 1 rings (SSSR count). The Balaban J connectivity index is 2.30. The van der Waals surface area contributed by atoms with Crippen molar-refractivity contribution in [2.45, 2.75) is 46.6 Å². The van der Waals surface area contributed by atoms with Gasteiger partial charge in [-0.3, -0.25) is 0 Å². The van der Waals surface area contributed by atoms with E-state index < -0.39 is 0 Å². The maximum atomic E-state index is 12.2. The van der Waals surface area contributed by atoms with E-state index in [4.69, 9.17) is 4.74 Å². The van der Waals surface area contributed by atoms with E-state index in [2.05, 4.69) is 13.8 Å². The van der Waals surface area contributed by atoms with Crippen LogP contribution in [0.5, 0.6) is 0 Å². The lowest BCUT2D eigenvalue weighted by Crippen LogP contribution is -2.46. The van der Waals surface area contributed by atoms with E-state index >= 15 is 0 Å². The molecular formula is C15H30N2O2. The summed E-state index contributed by atoms with van der Waals surface area (Å²) in [6, 6.07) is 0.148. The average Bonchev–Trinajstić information content (AvgIpc) is 2.37. The summed E-state index contributed by atoms with van der Waals surface area (Å²) in [5.74, 6) is 1.51. The monoisotopic (exact) mass is 270 g/mol. The van der Waals surface area contributed by atoms with E-state index in [1.165, 1.54) is 0 Å². The SMILES string of the molecule is CC(C)OCCN(C)C(=O)N1CCC(C(C)C)CC1. The van der Waals surface area contributed by atoms with E-state index in [1.807, 2.05) is 25.8 Å². The number of carbonyl (C=O) groups excluding carboxylic acids is 1. The van der Waals surface area contributed by atoms with Gasteiger partial charge in [-0.2, -0.15) is 0 Å². The summed E-state index contributed by atoms with van der Waals surface area (Å²) in [4.78, 5) is 16.0. The maximum absolute atomic E-state index is 12.2. The summed E-state index contributed by atoms with van der Waals surface area (Å²) < 4.78 is 5.49. The lowest BCUT2D eigenvalue weighted by Gasteiger charge is -2.36. The van der Waals surface area contributed by atoms with Crippen LogP contribution >= 0.6 is 0 Å².